The average molecular weight is 243 g/mol. The van der Waals surface area contributed by atoms with Gasteiger partial charge < -0.3 is 9.41 Å². The Morgan fingerprint density at radius 1 is 0.778 bits per heavy atom. The van der Waals surface area contributed by atoms with E-state index in [0.29, 0.717) is 0 Å². The van der Waals surface area contributed by atoms with E-state index in [1.807, 2.05) is 0 Å². The first-order valence-corrected chi connectivity index (χ1v) is 6.18. The van der Waals surface area contributed by atoms with Crippen LogP contribution in [-0.4, -0.2) is 21.1 Å². The van der Waals surface area contributed by atoms with Gasteiger partial charge in [0.05, 0.1) is 0 Å². The van der Waals surface area contributed by atoms with E-state index in [-0.39, 0.29) is 30.6 Å². The third-order valence-electron chi connectivity index (χ3n) is 0.667. The summed E-state index contributed by atoms with van der Waals surface area (Å²) >= 11 is 0.0389. The molecule has 0 radical (unpaired) electrons. The Hall–Kier alpha value is 0.659. The van der Waals surface area contributed by atoms with Crippen LogP contribution < -0.4 is 9.41 Å². The van der Waals surface area contributed by atoms with Gasteiger partial charge in [-0.2, -0.15) is 0 Å². The van der Waals surface area contributed by atoms with Crippen LogP contribution in [0.3, 0.4) is 0 Å². The van der Waals surface area contributed by atoms with E-state index in [1.54, 1.807) is 0 Å². The van der Waals surface area contributed by atoms with E-state index in [9.17, 15) is 0 Å². The van der Waals surface area contributed by atoms with Crippen molar-refractivity contribution in [3.05, 3.63) is 0 Å². The molecule has 0 saturated carbocycles. The molecule has 0 fully saturated rings. The molecule has 0 heterocycles. The molecule has 0 aliphatic heterocycles. The minimum Gasteiger partial charge on any atom is -1.00 e. The van der Waals surface area contributed by atoms with Crippen molar-refractivity contribution in [2.45, 2.75) is 35.6 Å². The summed E-state index contributed by atoms with van der Waals surface area (Å²) in [6.45, 7) is 9.36. The smallest absolute Gasteiger partial charge is 1.00 e. The van der Waals surface area contributed by atoms with Crippen molar-refractivity contribution in [3.63, 3.8) is 0 Å². The van der Waals surface area contributed by atoms with Crippen LogP contribution >= 0.6 is 0 Å². The van der Waals surface area contributed by atoms with Gasteiger partial charge in [0.1, 0.15) is 0 Å². The number of hydrogen-bond acceptors (Lipinski definition) is 0. The van der Waals surface area contributed by atoms with Crippen molar-refractivity contribution >= 4 is 21.1 Å². The molecule has 3 heteroatoms. The summed E-state index contributed by atoms with van der Waals surface area (Å²) in [5.41, 5.74) is 0. The van der Waals surface area contributed by atoms with E-state index >= 15 is 0 Å². The van der Waals surface area contributed by atoms with Crippen LogP contribution in [-0.2, 0) is 0 Å². The topological polar surface area (TPSA) is 0 Å². The summed E-state index contributed by atoms with van der Waals surface area (Å²) < 4.78 is 2.09. The fourth-order valence-corrected chi connectivity index (χ4v) is 4.47. The molecule has 9 heavy (non-hydrogen) atoms. The van der Waals surface area contributed by atoms with Crippen molar-refractivity contribution in [2.75, 3.05) is 0 Å². The maximum atomic E-state index is 2.34. The van der Waals surface area contributed by atoms with Gasteiger partial charge in [0.15, 0.2) is 0 Å². The van der Waals surface area contributed by atoms with Gasteiger partial charge in [-0.1, -0.05) is 0 Å². The van der Waals surface area contributed by atoms with Gasteiger partial charge in [-0.25, -0.2) is 0 Å². The van der Waals surface area contributed by atoms with Gasteiger partial charge in [0, 0.05) is 0 Å². The Morgan fingerprint density at radius 3 is 1.00 bits per heavy atom. The fourth-order valence-electron chi connectivity index (χ4n) is 0.667. The first-order chi connectivity index (χ1) is 3.13. The van der Waals surface area contributed by atoms with Crippen LogP contribution in [0.1, 0.15) is 27.7 Å². The Balaban J connectivity index is -0.000000180. The maximum Gasteiger partial charge on any atom is -1.00 e. The summed E-state index contributed by atoms with van der Waals surface area (Å²) in [4.78, 5) is 0. The fraction of sp³-hybridized carbons (Fsp3) is 1.00. The predicted molar refractivity (Wildman–Crippen MR) is 35.9 cm³/mol. The maximum absolute atomic E-state index is 2.34. The zero-order valence-corrected chi connectivity index (χ0v) is 9.26. The molecule has 0 N–H and O–H groups in total. The molecule has 0 aromatic heterocycles. The van der Waals surface area contributed by atoms with Crippen molar-refractivity contribution in [1.29, 1.82) is 0 Å². The molecule has 0 aliphatic carbocycles. The minimum atomic E-state index is 0. The Labute approximate surface area is 66.4 Å². The van der Waals surface area contributed by atoms with E-state index in [0.717, 1.165) is 7.87 Å². The molecule has 0 bridgehead atoms. The summed E-state index contributed by atoms with van der Waals surface area (Å²) in [7, 11) is 0. The monoisotopic (exact) mass is 244 g/mol. The van der Waals surface area contributed by atoms with Gasteiger partial charge in [-0.3, -0.25) is 0 Å². The van der Waals surface area contributed by atoms with E-state index in [2.05, 4.69) is 27.7 Å². The Bertz CT molecular complexity index is 40.3. The molecule has 0 amide bonds. The van der Waals surface area contributed by atoms with Crippen LogP contribution in [0.5, 0.6) is 0 Å². The molecule has 0 atom stereocenters. The summed E-state index contributed by atoms with van der Waals surface area (Å²) in [6.07, 6.45) is 0. The average Bonchev–Trinajstić information content (AvgIpc) is 1.27. The number of hydrogen-bond donors (Lipinski definition) is 0. The zero-order valence-electron chi connectivity index (χ0n) is 6.41. The third-order valence-corrected chi connectivity index (χ3v) is 4.47. The Morgan fingerprint density at radius 2 is 1.00 bits per heavy atom. The van der Waals surface area contributed by atoms with Gasteiger partial charge in [-0.05, 0) is 0 Å². The van der Waals surface area contributed by atoms with Crippen molar-refractivity contribution in [1.82, 2.24) is 0 Å². The molecule has 0 aliphatic rings. The second-order valence-corrected chi connectivity index (χ2v) is 10.0. The van der Waals surface area contributed by atoms with Gasteiger partial charge in [-0.15, -0.1) is 0 Å². The predicted octanol–water partition coefficient (Wildman–Crippen LogP) is -3.64. The molecule has 0 nitrogen and oxygen atoms in total. The van der Waals surface area contributed by atoms with Crippen molar-refractivity contribution in [2.24, 2.45) is 0 Å². The normalized spacial score (nSPS) is 7.78. The van der Waals surface area contributed by atoms with Crippen LogP contribution in [0.15, 0.2) is 0 Å². The van der Waals surface area contributed by atoms with E-state index in [4.69, 9.17) is 0 Å². The first-order valence-electron chi connectivity index (χ1n) is 2.89. The quantitative estimate of drug-likeness (QED) is 0.439. The third kappa shape index (κ3) is 17.7. The van der Waals surface area contributed by atoms with Gasteiger partial charge in [0.2, 0.25) is 0 Å². The van der Waals surface area contributed by atoms with Crippen LogP contribution in [0.2, 0.25) is 7.87 Å². The molecular formula is C6H14F2Sn. The summed E-state index contributed by atoms with van der Waals surface area (Å²) in [5, 5.41) is 0. The van der Waals surface area contributed by atoms with Crippen LogP contribution in [0.25, 0.3) is 0 Å². The summed E-state index contributed by atoms with van der Waals surface area (Å²) in [5.74, 6) is 0. The summed E-state index contributed by atoms with van der Waals surface area (Å²) in [6, 6.07) is 0. The molecular weight excluding hydrogens is 229 g/mol. The van der Waals surface area contributed by atoms with E-state index in [1.165, 1.54) is 0 Å². The number of halogens is 2. The molecule has 0 saturated heterocycles. The molecule has 0 rings (SSSR count). The van der Waals surface area contributed by atoms with Gasteiger partial charge in [0.25, 0.3) is 0 Å². The van der Waals surface area contributed by atoms with Crippen LogP contribution in [0.4, 0.5) is 0 Å². The number of rotatable bonds is 2. The molecule has 0 aromatic rings. The second-order valence-electron chi connectivity index (χ2n) is 2.48. The first kappa shape index (κ1) is 16.3. The van der Waals surface area contributed by atoms with E-state index < -0.39 is 0 Å². The van der Waals surface area contributed by atoms with Crippen molar-refractivity contribution in [3.8, 4) is 0 Å². The second kappa shape index (κ2) is 8.66. The van der Waals surface area contributed by atoms with Crippen LogP contribution in [0, 0.1) is 0 Å². The standard InChI is InChI=1S/2C3H7.2FH.Sn/c2*1-3-2;;;/h2*3H,1-2H3;2*1H;/q;;;;+2/p-2. The molecule has 0 unspecified atom stereocenters. The van der Waals surface area contributed by atoms with Gasteiger partial charge >= 0.3 is 56.7 Å². The molecule has 0 spiro atoms. The molecule has 56 valence electrons. The zero-order chi connectivity index (χ0) is 5.86. The SMILES string of the molecule is C[CH](C)[Sn+2][CH](C)C.[F-].[F-]. The minimum absolute atomic E-state index is 0. The van der Waals surface area contributed by atoms with Crippen molar-refractivity contribution < 1.29 is 9.41 Å². The largest absolute Gasteiger partial charge is 1.00 e. The Kier molecular flexibility index (Phi) is 15.7. The molecule has 0 aromatic carbocycles.